The highest BCUT2D eigenvalue weighted by Gasteiger charge is 2.40. The van der Waals surface area contributed by atoms with Gasteiger partial charge in [0.15, 0.2) is 0 Å². The zero-order chi connectivity index (χ0) is 9.35. The van der Waals surface area contributed by atoms with E-state index >= 15 is 0 Å². The van der Waals surface area contributed by atoms with E-state index in [4.69, 9.17) is 5.11 Å². The molecule has 0 spiro atoms. The van der Waals surface area contributed by atoms with E-state index in [9.17, 15) is 18.0 Å². The summed E-state index contributed by atoms with van der Waals surface area (Å²) in [4.78, 5) is 13.3. The monoisotopic (exact) mass is 181 g/mol. The van der Waals surface area contributed by atoms with Crippen molar-refractivity contribution in [1.82, 2.24) is 0 Å². The van der Waals surface area contributed by atoms with Crippen LogP contribution in [0.5, 0.6) is 0 Å². The highest BCUT2D eigenvalue weighted by Crippen LogP contribution is 2.26. The zero-order valence-electron chi connectivity index (χ0n) is 5.93. The molecule has 1 atom stereocenters. The number of aliphatic imine (C=N–C) groups is 1. The van der Waals surface area contributed by atoms with Gasteiger partial charge in [-0.15, -0.1) is 0 Å². The van der Waals surface area contributed by atoms with Crippen LogP contribution in [0.4, 0.5) is 13.2 Å². The Morgan fingerprint density at radius 1 is 1.58 bits per heavy atom. The molecule has 0 aliphatic carbocycles. The average molecular weight is 181 g/mol. The third-order valence-corrected chi connectivity index (χ3v) is 1.58. The Labute approximate surface area is 65.9 Å². The summed E-state index contributed by atoms with van der Waals surface area (Å²) in [5.41, 5.74) is -0.963. The number of alkyl halides is 3. The first-order valence-electron chi connectivity index (χ1n) is 3.28. The van der Waals surface area contributed by atoms with Gasteiger partial charge in [-0.1, -0.05) is 0 Å². The lowest BCUT2D eigenvalue weighted by Crippen LogP contribution is -2.20. The summed E-state index contributed by atoms with van der Waals surface area (Å²) in [6, 6.07) is -1.21. The smallest absolute Gasteiger partial charge is 0.429 e. The van der Waals surface area contributed by atoms with Crippen LogP contribution < -0.4 is 0 Å². The first-order valence-corrected chi connectivity index (χ1v) is 3.28. The summed E-state index contributed by atoms with van der Waals surface area (Å²) < 4.78 is 35.6. The molecule has 0 aromatic rings. The molecule has 0 aromatic heterocycles. The summed E-state index contributed by atoms with van der Waals surface area (Å²) in [7, 11) is 0. The van der Waals surface area contributed by atoms with Gasteiger partial charge in [-0.05, 0) is 12.8 Å². The van der Waals surface area contributed by atoms with Gasteiger partial charge >= 0.3 is 12.1 Å². The summed E-state index contributed by atoms with van der Waals surface area (Å²) in [5, 5.41) is 8.32. The van der Waals surface area contributed by atoms with Crippen LogP contribution in [0.15, 0.2) is 4.99 Å². The Morgan fingerprint density at radius 3 is 2.42 bits per heavy atom. The predicted molar refractivity (Wildman–Crippen MR) is 34.1 cm³/mol. The second-order valence-corrected chi connectivity index (χ2v) is 2.47. The molecule has 3 nitrogen and oxygen atoms in total. The van der Waals surface area contributed by atoms with Crippen molar-refractivity contribution in [2.45, 2.75) is 25.1 Å². The minimum absolute atomic E-state index is 0.0514. The molecule has 1 N–H and O–H groups in total. The van der Waals surface area contributed by atoms with Crippen molar-refractivity contribution in [3.63, 3.8) is 0 Å². The quantitative estimate of drug-likeness (QED) is 0.661. The number of nitrogens with zero attached hydrogens (tertiary/aromatic N) is 1. The average Bonchev–Trinajstić information content (AvgIpc) is 2.30. The molecule has 0 bridgehead atoms. The number of carbonyl (C=O) groups is 1. The molecule has 1 aliphatic rings. The molecule has 0 aromatic carbocycles. The molecule has 6 heteroatoms. The Morgan fingerprint density at radius 2 is 2.17 bits per heavy atom. The van der Waals surface area contributed by atoms with Crippen molar-refractivity contribution in [1.29, 1.82) is 0 Å². The van der Waals surface area contributed by atoms with Crippen molar-refractivity contribution in [3.8, 4) is 0 Å². The normalized spacial score (nSPS) is 23.9. The Kier molecular flexibility index (Phi) is 2.08. The van der Waals surface area contributed by atoms with Gasteiger partial charge in [-0.2, -0.15) is 13.2 Å². The Bertz CT molecular complexity index is 233. The standard InChI is InChI=1S/C6H6F3NO2/c7-6(8,9)4-2-1-3(10-4)5(11)12/h3H,1-2H2,(H,11,12)/t3-/m1/s1. The van der Waals surface area contributed by atoms with Crippen LogP contribution in [0.1, 0.15) is 12.8 Å². The topological polar surface area (TPSA) is 49.7 Å². The van der Waals surface area contributed by atoms with Crippen molar-refractivity contribution in [2.75, 3.05) is 0 Å². The fourth-order valence-electron chi connectivity index (χ4n) is 0.984. The summed E-state index contributed by atoms with van der Waals surface area (Å²) in [6.07, 6.45) is -4.81. The molecular formula is C6H6F3NO2. The second kappa shape index (κ2) is 2.76. The number of rotatable bonds is 1. The maximum Gasteiger partial charge on any atom is 0.429 e. The molecule has 0 saturated carbocycles. The lowest BCUT2D eigenvalue weighted by atomic mass is 10.2. The van der Waals surface area contributed by atoms with Crippen LogP contribution in [0.25, 0.3) is 0 Å². The van der Waals surface area contributed by atoms with E-state index in [1.54, 1.807) is 0 Å². The van der Waals surface area contributed by atoms with Crippen LogP contribution in [0, 0.1) is 0 Å². The molecule has 0 fully saturated rings. The highest BCUT2D eigenvalue weighted by atomic mass is 19.4. The van der Waals surface area contributed by atoms with E-state index in [0.29, 0.717) is 0 Å². The first kappa shape index (κ1) is 9.02. The van der Waals surface area contributed by atoms with Crippen molar-refractivity contribution < 1.29 is 23.1 Å². The van der Waals surface area contributed by atoms with Crippen LogP contribution in [-0.4, -0.2) is 29.0 Å². The molecule has 0 saturated heterocycles. The number of halogens is 3. The van der Waals surface area contributed by atoms with E-state index in [-0.39, 0.29) is 12.8 Å². The summed E-state index contributed by atoms with van der Waals surface area (Å²) in [5.74, 6) is -1.30. The van der Waals surface area contributed by atoms with Gasteiger partial charge < -0.3 is 5.11 Å². The van der Waals surface area contributed by atoms with E-state index < -0.39 is 23.9 Å². The van der Waals surface area contributed by atoms with E-state index in [0.717, 1.165) is 0 Å². The van der Waals surface area contributed by atoms with Crippen LogP contribution in [0.3, 0.4) is 0 Å². The lowest BCUT2D eigenvalue weighted by Gasteiger charge is -2.03. The van der Waals surface area contributed by atoms with Gasteiger partial charge in [-0.25, -0.2) is 4.79 Å². The lowest BCUT2D eigenvalue weighted by molar-refractivity contribution is -0.138. The molecule has 1 aliphatic heterocycles. The van der Waals surface area contributed by atoms with Gasteiger partial charge in [0.2, 0.25) is 0 Å². The predicted octanol–water partition coefficient (Wildman–Crippen LogP) is 1.24. The number of carboxylic acids is 1. The number of carboxylic acid groups (broad SMARTS) is 1. The minimum Gasteiger partial charge on any atom is -0.480 e. The van der Waals surface area contributed by atoms with E-state index in [1.165, 1.54) is 0 Å². The maximum atomic E-state index is 11.9. The van der Waals surface area contributed by atoms with Crippen molar-refractivity contribution in [3.05, 3.63) is 0 Å². The van der Waals surface area contributed by atoms with Gasteiger partial charge in [-0.3, -0.25) is 4.99 Å². The van der Waals surface area contributed by atoms with Gasteiger partial charge in [0.1, 0.15) is 11.8 Å². The molecule has 12 heavy (non-hydrogen) atoms. The molecule has 1 heterocycles. The summed E-state index contributed by atoms with van der Waals surface area (Å²) in [6.45, 7) is 0. The maximum absolute atomic E-state index is 11.9. The van der Waals surface area contributed by atoms with E-state index in [2.05, 4.69) is 4.99 Å². The molecule has 68 valence electrons. The summed E-state index contributed by atoms with van der Waals surface area (Å²) >= 11 is 0. The minimum atomic E-state index is -4.47. The fourth-order valence-corrected chi connectivity index (χ4v) is 0.984. The second-order valence-electron chi connectivity index (χ2n) is 2.47. The van der Waals surface area contributed by atoms with Gasteiger partial charge in [0, 0.05) is 0 Å². The van der Waals surface area contributed by atoms with Crippen molar-refractivity contribution >= 4 is 11.7 Å². The van der Waals surface area contributed by atoms with Crippen LogP contribution in [-0.2, 0) is 4.79 Å². The largest absolute Gasteiger partial charge is 0.480 e. The SMILES string of the molecule is O=C(O)[C@H]1CCC(C(F)(F)F)=N1. The molecular weight excluding hydrogens is 175 g/mol. The molecule has 0 unspecified atom stereocenters. The Balaban J connectivity index is 2.73. The third-order valence-electron chi connectivity index (χ3n) is 1.58. The number of aliphatic carboxylic acids is 1. The first-order chi connectivity index (χ1) is 5.41. The third kappa shape index (κ3) is 1.75. The fraction of sp³-hybridized carbons (Fsp3) is 0.667. The highest BCUT2D eigenvalue weighted by molar-refractivity contribution is 5.94. The number of hydrogen-bond donors (Lipinski definition) is 1. The molecule has 0 radical (unpaired) electrons. The van der Waals surface area contributed by atoms with Gasteiger partial charge in [0.05, 0.1) is 0 Å². The van der Waals surface area contributed by atoms with Gasteiger partial charge in [0.25, 0.3) is 0 Å². The van der Waals surface area contributed by atoms with E-state index in [1.807, 2.05) is 0 Å². The number of hydrogen-bond acceptors (Lipinski definition) is 2. The van der Waals surface area contributed by atoms with Crippen LogP contribution in [0.2, 0.25) is 0 Å². The molecule has 0 amide bonds. The van der Waals surface area contributed by atoms with Crippen molar-refractivity contribution in [2.24, 2.45) is 4.99 Å². The molecule has 1 rings (SSSR count). The van der Waals surface area contributed by atoms with Crippen LogP contribution >= 0.6 is 0 Å². The zero-order valence-corrected chi connectivity index (χ0v) is 5.93. The Hall–Kier alpha value is -1.07.